The van der Waals surface area contributed by atoms with Crippen molar-refractivity contribution in [1.82, 2.24) is 5.32 Å². The Morgan fingerprint density at radius 3 is 2.89 bits per heavy atom. The van der Waals surface area contributed by atoms with E-state index in [1.165, 1.54) is 0 Å². The quantitative estimate of drug-likeness (QED) is 0.730. The zero-order valence-corrected chi connectivity index (χ0v) is 12.9. The second-order valence-electron chi connectivity index (χ2n) is 4.75. The Balaban J connectivity index is 2.19. The maximum atomic E-state index is 9.86. The van der Waals surface area contributed by atoms with Gasteiger partial charge in [-0.2, -0.15) is 11.8 Å². The molecule has 1 rings (SSSR count). The number of rotatable bonds is 9. The van der Waals surface area contributed by atoms with Gasteiger partial charge >= 0.3 is 0 Å². The van der Waals surface area contributed by atoms with E-state index < -0.39 is 6.10 Å². The summed E-state index contributed by atoms with van der Waals surface area (Å²) in [5.74, 6) is 3.01. The SMILES string of the molecule is CCSCC(C)NCC(O)COc1cccc(C)c1. The zero-order valence-electron chi connectivity index (χ0n) is 12.1. The third-order valence-electron chi connectivity index (χ3n) is 2.71. The lowest BCUT2D eigenvalue weighted by atomic mass is 10.2. The van der Waals surface area contributed by atoms with E-state index in [1.807, 2.05) is 43.0 Å². The molecule has 0 aliphatic rings. The fraction of sp³-hybridized carbons (Fsp3) is 0.600. The van der Waals surface area contributed by atoms with Crippen molar-refractivity contribution in [3.63, 3.8) is 0 Å². The molecular weight excluding hydrogens is 258 g/mol. The molecule has 2 unspecified atom stereocenters. The van der Waals surface area contributed by atoms with Gasteiger partial charge in [0, 0.05) is 18.3 Å². The van der Waals surface area contributed by atoms with E-state index in [-0.39, 0.29) is 0 Å². The van der Waals surface area contributed by atoms with Crippen LogP contribution in [-0.2, 0) is 0 Å². The number of aliphatic hydroxyl groups excluding tert-OH is 1. The van der Waals surface area contributed by atoms with E-state index in [4.69, 9.17) is 4.74 Å². The van der Waals surface area contributed by atoms with Gasteiger partial charge in [-0.25, -0.2) is 0 Å². The summed E-state index contributed by atoms with van der Waals surface area (Å²) in [6.45, 7) is 7.21. The Kier molecular flexibility index (Phi) is 7.94. The number of aryl methyl sites for hydroxylation is 1. The zero-order chi connectivity index (χ0) is 14.1. The second kappa shape index (κ2) is 9.23. The lowest BCUT2D eigenvalue weighted by molar-refractivity contribution is 0.105. The van der Waals surface area contributed by atoms with Crippen LogP contribution in [-0.4, -0.2) is 41.9 Å². The molecule has 0 bridgehead atoms. The van der Waals surface area contributed by atoms with Crippen molar-refractivity contribution < 1.29 is 9.84 Å². The highest BCUT2D eigenvalue weighted by atomic mass is 32.2. The van der Waals surface area contributed by atoms with Crippen molar-refractivity contribution >= 4 is 11.8 Å². The number of hydrogen-bond donors (Lipinski definition) is 2. The van der Waals surface area contributed by atoms with Crippen LogP contribution in [0.25, 0.3) is 0 Å². The number of nitrogens with one attached hydrogen (secondary N) is 1. The van der Waals surface area contributed by atoms with E-state index in [1.54, 1.807) is 0 Å². The minimum atomic E-state index is -0.477. The molecule has 108 valence electrons. The lowest BCUT2D eigenvalue weighted by Gasteiger charge is -2.17. The van der Waals surface area contributed by atoms with Gasteiger partial charge in [0.1, 0.15) is 18.5 Å². The van der Waals surface area contributed by atoms with Crippen LogP contribution in [0.4, 0.5) is 0 Å². The Hall–Kier alpha value is -0.710. The van der Waals surface area contributed by atoms with Gasteiger partial charge in [0.05, 0.1) is 0 Å². The molecule has 0 radical (unpaired) electrons. The van der Waals surface area contributed by atoms with Crippen LogP contribution >= 0.6 is 11.8 Å². The van der Waals surface area contributed by atoms with Gasteiger partial charge in [-0.05, 0) is 37.3 Å². The van der Waals surface area contributed by atoms with E-state index in [9.17, 15) is 5.11 Å². The summed E-state index contributed by atoms with van der Waals surface area (Å²) in [5, 5.41) is 13.2. The van der Waals surface area contributed by atoms with Crippen LogP contribution in [0.5, 0.6) is 5.75 Å². The van der Waals surface area contributed by atoms with Crippen molar-refractivity contribution in [2.24, 2.45) is 0 Å². The highest BCUT2D eigenvalue weighted by molar-refractivity contribution is 7.99. The van der Waals surface area contributed by atoms with Crippen LogP contribution in [0.1, 0.15) is 19.4 Å². The molecule has 3 nitrogen and oxygen atoms in total. The molecule has 0 heterocycles. The van der Waals surface area contributed by atoms with Crippen molar-refractivity contribution in [3.05, 3.63) is 29.8 Å². The lowest BCUT2D eigenvalue weighted by Crippen LogP contribution is -2.37. The molecule has 0 aliphatic carbocycles. The summed E-state index contributed by atoms with van der Waals surface area (Å²) in [6.07, 6.45) is -0.477. The van der Waals surface area contributed by atoms with Crippen LogP contribution in [0, 0.1) is 6.92 Å². The summed E-state index contributed by atoms with van der Waals surface area (Å²) >= 11 is 1.90. The number of benzene rings is 1. The van der Waals surface area contributed by atoms with E-state index in [0.717, 1.165) is 22.8 Å². The fourth-order valence-corrected chi connectivity index (χ4v) is 2.35. The Morgan fingerprint density at radius 1 is 1.42 bits per heavy atom. The van der Waals surface area contributed by atoms with Gasteiger partial charge in [0.2, 0.25) is 0 Å². The summed E-state index contributed by atoms with van der Waals surface area (Å²) in [5.41, 5.74) is 1.16. The fourth-order valence-electron chi connectivity index (χ4n) is 1.65. The highest BCUT2D eigenvalue weighted by Gasteiger charge is 2.08. The molecule has 19 heavy (non-hydrogen) atoms. The molecule has 0 aliphatic heterocycles. The van der Waals surface area contributed by atoms with Gasteiger partial charge in [-0.3, -0.25) is 0 Å². The summed E-state index contributed by atoms with van der Waals surface area (Å²) in [6, 6.07) is 8.28. The number of ether oxygens (including phenoxy) is 1. The minimum Gasteiger partial charge on any atom is -0.491 e. The first-order chi connectivity index (χ1) is 9.11. The molecule has 1 aromatic carbocycles. The third kappa shape index (κ3) is 7.45. The maximum Gasteiger partial charge on any atom is 0.119 e. The van der Waals surface area contributed by atoms with Crippen LogP contribution in [0.15, 0.2) is 24.3 Å². The van der Waals surface area contributed by atoms with E-state index >= 15 is 0 Å². The molecule has 0 saturated heterocycles. The second-order valence-corrected chi connectivity index (χ2v) is 6.07. The van der Waals surface area contributed by atoms with Crippen molar-refractivity contribution in [3.8, 4) is 5.75 Å². The number of hydrogen-bond acceptors (Lipinski definition) is 4. The van der Waals surface area contributed by atoms with Crippen LogP contribution in [0.2, 0.25) is 0 Å². The number of thioether (sulfide) groups is 1. The molecular formula is C15H25NO2S. The largest absolute Gasteiger partial charge is 0.491 e. The van der Waals surface area contributed by atoms with Gasteiger partial charge in [-0.1, -0.05) is 19.1 Å². The minimum absolute atomic E-state index is 0.324. The summed E-state index contributed by atoms with van der Waals surface area (Å²) in [7, 11) is 0. The van der Waals surface area contributed by atoms with Gasteiger partial charge in [-0.15, -0.1) is 0 Å². The average Bonchev–Trinajstić information content (AvgIpc) is 2.40. The van der Waals surface area contributed by atoms with E-state index in [0.29, 0.717) is 19.2 Å². The Morgan fingerprint density at radius 2 is 2.21 bits per heavy atom. The average molecular weight is 283 g/mol. The monoisotopic (exact) mass is 283 g/mol. The predicted molar refractivity (Wildman–Crippen MR) is 83.1 cm³/mol. The standard InChI is InChI=1S/C15H25NO2S/c1-4-19-11-13(3)16-9-14(17)10-18-15-7-5-6-12(2)8-15/h5-8,13-14,16-17H,4,9-11H2,1-3H3. The van der Waals surface area contributed by atoms with E-state index in [2.05, 4.69) is 19.2 Å². The first kappa shape index (κ1) is 16.3. The van der Waals surface area contributed by atoms with Gasteiger partial charge in [0.25, 0.3) is 0 Å². The van der Waals surface area contributed by atoms with Crippen LogP contribution < -0.4 is 10.1 Å². The first-order valence-corrected chi connectivity index (χ1v) is 7.96. The Bertz CT molecular complexity index is 360. The molecule has 0 saturated carbocycles. The predicted octanol–water partition coefficient (Wildman–Crippen LogP) is 2.47. The smallest absolute Gasteiger partial charge is 0.119 e. The topological polar surface area (TPSA) is 41.5 Å². The van der Waals surface area contributed by atoms with Crippen molar-refractivity contribution in [2.75, 3.05) is 24.7 Å². The molecule has 4 heteroatoms. The molecule has 0 amide bonds. The van der Waals surface area contributed by atoms with Crippen molar-refractivity contribution in [2.45, 2.75) is 32.9 Å². The Labute approximate surface area is 120 Å². The first-order valence-electron chi connectivity index (χ1n) is 6.80. The highest BCUT2D eigenvalue weighted by Crippen LogP contribution is 2.12. The number of aliphatic hydroxyl groups is 1. The molecule has 0 fully saturated rings. The third-order valence-corrected chi connectivity index (χ3v) is 3.85. The summed E-state index contributed by atoms with van der Waals surface area (Å²) < 4.78 is 5.57. The maximum absolute atomic E-state index is 9.86. The summed E-state index contributed by atoms with van der Waals surface area (Å²) in [4.78, 5) is 0. The van der Waals surface area contributed by atoms with Crippen LogP contribution in [0.3, 0.4) is 0 Å². The molecule has 1 aromatic rings. The van der Waals surface area contributed by atoms with Gasteiger partial charge in [0.15, 0.2) is 0 Å². The molecule has 2 N–H and O–H groups in total. The molecule has 2 atom stereocenters. The normalized spacial score (nSPS) is 14.1. The molecule has 0 aromatic heterocycles. The van der Waals surface area contributed by atoms with Crippen molar-refractivity contribution in [1.29, 1.82) is 0 Å². The molecule has 0 spiro atoms. The van der Waals surface area contributed by atoms with Gasteiger partial charge < -0.3 is 15.2 Å².